The van der Waals surface area contributed by atoms with E-state index in [1.165, 1.54) is 12.1 Å². The van der Waals surface area contributed by atoms with Gasteiger partial charge in [-0.25, -0.2) is 4.39 Å². The molecule has 3 rings (SSSR count). The van der Waals surface area contributed by atoms with E-state index >= 15 is 0 Å². The van der Waals surface area contributed by atoms with Crippen LogP contribution in [-0.4, -0.2) is 25.7 Å². The number of halogens is 2. The minimum atomic E-state index is -0.827. The highest BCUT2D eigenvalue weighted by molar-refractivity contribution is 6.32. The summed E-state index contributed by atoms with van der Waals surface area (Å²) >= 11 is 6.23. The van der Waals surface area contributed by atoms with E-state index in [0.717, 1.165) is 5.56 Å². The number of carbonyl (C=O) groups excluding carboxylic acids is 1. The Morgan fingerprint density at radius 1 is 1.23 bits per heavy atom. The summed E-state index contributed by atoms with van der Waals surface area (Å²) in [6.07, 6.45) is 0.599. The van der Waals surface area contributed by atoms with E-state index in [9.17, 15) is 9.18 Å². The molecule has 1 aliphatic rings. The van der Waals surface area contributed by atoms with E-state index in [1.54, 1.807) is 26.0 Å². The maximum absolute atomic E-state index is 13.4. The third-order valence-corrected chi connectivity index (χ3v) is 4.75. The van der Waals surface area contributed by atoms with Gasteiger partial charge in [0.15, 0.2) is 11.5 Å². The summed E-state index contributed by atoms with van der Waals surface area (Å²) < 4.78 is 24.5. The molecule has 0 bridgehead atoms. The zero-order valence-corrected chi connectivity index (χ0v) is 15.5. The average molecular weight is 378 g/mol. The molecule has 0 radical (unpaired) electrons. The zero-order valence-electron chi connectivity index (χ0n) is 14.8. The van der Waals surface area contributed by atoms with Crippen LogP contribution in [0.4, 0.5) is 4.39 Å². The number of amides is 1. The Balaban J connectivity index is 1.62. The number of carbonyl (C=O) groups is 1. The minimum absolute atomic E-state index is 0.160. The summed E-state index contributed by atoms with van der Waals surface area (Å²) in [6.45, 7) is 4.96. The summed E-state index contributed by atoms with van der Waals surface area (Å²) in [5.74, 6) is 0.684. The number of rotatable bonds is 5. The van der Waals surface area contributed by atoms with Crippen molar-refractivity contribution in [1.82, 2.24) is 5.32 Å². The fourth-order valence-electron chi connectivity index (χ4n) is 2.86. The van der Waals surface area contributed by atoms with E-state index in [0.29, 0.717) is 48.3 Å². The first-order chi connectivity index (χ1) is 12.4. The van der Waals surface area contributed by atoms with Crippen LogP contribution in [0.5, 0.6) is 11.5 Å². The first-order valence-electron chi connectivity index (χ1n) is 8.50. The summed E-state index contributed by atoms with van der Waals surface area (Å²) in [6, 6.07) is 9.81. The molecule has 0 spiro atoms. The quantitative estimate of drug-likeness (QED) is 0.860. The molecular weight excluding hydrogens is 357 g/mol. The van der Waals surface area contributed by atoms with Gasteiger partial charge in [-0.1, -0.05) is 23.7 Å². The van der Waals surface area contributed by atoms with Crippen LogP contribution in [-0.2, 0) is 16.6 Å². The molecule has 0 saturated heterocycles. The Morgan fingerprint density at radius 2 is 2.00 bits per heavy atom. The molecule has 0 aromatic heterocycles. The SMILES string of the molecule is CC(C)(C(=O)NCCc1cc(Cl)c2c(c1)OCCO2)c1cccc(F)c1. The number of fused-ring (bicyclic) bond motifs is 1. The Morgan fingerprint density at radius 3 is 2.77 bits per heavy atom. The Labute approximate surface area is 157 Å². The van der Waals surface area contributed by atoms with E-state index in [2.05, 4.69) is 5.32 Å². The van der Waals surface area contributed by atoms with Gasteiger partial charge in [-0.3, -0.25) is 4.79 Å². The van der Waals surface area contributed by atoms with Crippen molar-refractivity contribution < 1.29 is 18.7 Å². The van der Waals surface area contributed by atoms with Crippen LogP contribution >= 0.6 is 11.6 Å². The Bertz CT molecular complexity index is 823. The van der Waals surface area contributed by atoms with Crippen molar-refractivity contribution in [2.45, 2.75) is 25.7 Å². The molecule has 0 unspecified atom stereocenters. The van der Waals surface area contributed by atoms with Crippen LogP contribution in [0.1, 0.15) is 25.0 Å². The second kappa shape index (κ2) is 7.54. The topological polar surface area (TPSA) is 47.6 Å². The summed E-state index contributed by atoms with van der Waals surface area (Å²) in [5, 5.41) is 3.42. The molecule has 0 atom stereocenters. The van der Waals surface area contributed by atoms with Crippen molar-refractivity contribution in [3.63, 3.8) is 0 Å². The number of ether oxygens (including phenoxy) is 2. The largest absolute Gasteiger partial charge is 0.486 e. The molecule has 1 heterocycles. The molecule has 2 aromatic carbocycles. The second-order valence-corrected chi connectivity index (χ2v) is 7.15. The molecule has 0 aliphatic carbocycles. The number of nitrogens with one attached hydrogen (secondary N) is 1. The van der Waals surface area contributed by atoms with Crippen LogP contribution < -0.4 is 14.8 Å². The molecule has 6 heteroatoms. The lowest BCUT2D eigenvalue weighted by Gasteiger charge is -2.24. The first kappa shape index (κ1) is 18.5. The van der Waals surface area contributed by atoms with Crippen molar-refractivity contribution in [2.75, 3.05) is 19.8 Å². The zero-order chi connectivity index (χ0) is 18.7. The molecule has 1 N–H and O–H groups in total. The third-order valence-electron chi connectivity index (χ3n) is 4.47. The minimum Gasteiger partial charge on any atom is -0.486 e. The van der Waals surface area contributed by atoms with Crippen LogP contribution in [0.25, 0.3) is 0 Å². The molecule has 26 heavy (non-hydrogen) atoms. The van der Waals surface area contributed by atoms with E-state index in [1.807, 2.05) is 12.1 Å². The predicted octanol–water partition coefficient (Wildman–Crippen LogP) is 3.89. The fourth-order valence-corrected chi connectivity index (χ4v) is 3.15. The van der Waals surface area contributed by atoms with Crippen LogP contribution in [0.15, 0.2) is 36.4 Å². The van der Waals surface area contributed by atoms with Crippen molar-refractivity contribution in [3.05, 3.63) is 58.4 Å². The highest BCUT2D eigenvalue weighted by Gasteiger charge is 2.29. The molecule has 1 amide bonds. The second-order valence-electron chi connectivity index (χ2n) is 6.74. The van der Waals surface area contributed by atoms with Gasteiger partial charge >= 0.3 is 0 Å². The van der Waals surface area contributed by atoms with Crippen molar-refractivity contribution in [2.24, 2.45) is 0 Å². The van der Waals surface area contributed by atoms with Crippen molar-refractivity contribution in [1.29, 1.82) is 0 Å². The highest BCUT2D eigenvalue weighted by atomic mass is 35.5. The fraction of sp³-hybridized carbons (Fsp3) is 0.350. The van der Waals surface area contributed by atoms with Gasteiger partial charge in [0.05, 0.1) is 10.4 Å². The number of hydrogen-bond acceptors (Lipinski definition) is 3. The average Bonchev–Trinajstić information content (AvgIpc) is 2.61. The Hall–Kier alpha value is -2.27. The lowest BCUT2D eigenvalue weighted by molar-refractivity contribution is -0.125. The van der Waals surface area contributed by atoms with E-state index < -0.39 is 5.41 Å². The molecule has 0 fully saturated rings. The molecule has 4 nitrogen and oxygen atoms in total. The first-order valence-corrected chi connectivity index (χ1v) is 8.88. The van der Waals surface area contributed by atoms with Gasteiger partial charge in [-0.05, 0) is 55.7 Å². The van der Waals surface area contributed by atoms with Gasteiger partial charge in [0.1, 0.15) is 19.0 Å². The monoisotopic (exact) mass is 377 g/mol. The Kier molecular flexibility index (Phi) is 5.37. The number of hydrogen-bond donors (Lipinski definition) is 1. The standard InChI is InChI=1S/C20H21ClFNO3/c1-20(2,14-4-3-5-15(22)12-14)19(24)23-7-6-13-10-16(21)18-17(11-13)25-8-9-26-18/h3-5,10-12H,6-9H2,1-2H3,(H,23,24). The lowest BCUT2D eigenvalue weighted by Crippen LogP contribution is -2.41. The lowest BCUT2D eigenvalue weighted by atomic mass is 9.83. The molecule has 2 aromatic rings. The van der Waals surface area contributed by atoms with Crippen molar-refractivity contribution >= 4 is 17.5 Å². The predicted molar refractivity (Wildman–Crippen MR) is 98.6 cm³/mol. The molecule has 1 aliphatic heterocycles. The van der Waals surface area contributed by atoms with E-state index in [4.69, 9.17) is 21.1 Å². The van der Waals surface area contributed by atoms with Gasteiger partial charge in [0, 0.05) is 6.54 Å². The smallest absolute Gasteiger partial charge is 0.230 e. The summed E-state index contributed by atoms with van der Waals surface area (Å²) in [4.78, 5) is 12.6. The van der Waals surface area contributed by atoms with E-state index in [-0.39, 0.29) is 11.7 Å². The molecule has 138 valence electrons. The normalized spacial score (nSPS) is 13.4. The summed E-state index contributed by atoms with van der Waals surface area (Å²) in [5.41, 5.74) is 0.757. The highest BCUT2D eigenvalue weighted by Crippen LogP contribution is 2.38. The van der Waals surface area contributed by atoms with Gasteiger partial charge in [0.2, 0.25) is 5.91 Å². The molecule has 0 saturated carbocycles. The maximum atomic E-state index is 13.4. The van der Waals surface area contributed by atoms with Crippen LogP contribution in [0.3, 0.4) is 0 Å². The third kappa shape index (κ3) is 3.93. The van der Waals surface area contributed by atoms with Gasteiger partial charge in [-0.15, -0.1) is 0 Å². The molecular formula is C20H21ClFNO3. The van der Waals surface area contributed by atoms with Gasteiger partial charge in [-0.2, -0.15) is 0 Å². The number of benzene rings is 2. The van der Waals surface area contributed by atoms with Crippen LogP contribution in [0, 0.1) is 5.82 Å². The van der Waals surface area contributed by atoms with Gasteiger partial charge in [0.25, 0.3) is 0 Å². The van der Waals surface area contributed by atoms with Crippen molar-refractivity contribution in [3.8, 4) is 11.5 Å². The maximum Gasteiger partial charge on any atom is 0.230 e. The van der Waals surface area contributed by atoms with Crippen LogP contribution in [0.2, 0.25) is 5.02 Å². The summed E-state index contributed by atoms with van der Waals surface area (Å²) in [7, 11) is 0. The van der Waals surface area contributed by atoms with Gasteiger partial charge < -0.3 is 14.8 Å².